The zero-order chi connectivity index (χ0) is 11.7. The molecule has 3 aliphatic heterocycles. The van der Waals surface area contributed by atoms with Gasteiger partial charge >= 0.3 is 0 Å². The molecule has 0 amide bonds. The summed E-state index contributed by atoms with van der Waals surface area (Å²) in [6, 6.07) is 8.71. The zero-order valence-corrected chi connectivity index (χ0v) is 10.1. The van der Waals surface area contributed by atoms with Crippen LogP contribution in [0.5, 0.6) is 0 Å². The van der Waals surface area contributed by atoms with E-state index < -0.39 is 0 Å². The van der Waals surface area contributed by atoms with Gasteiger partial charge in [0.05, 0.1) is 0 Å². The number of piperidine rings is 3. The molecule has 0 aliphatic carbocycles. The van der Waals surface area contributed by atoms with Crippen LogP contribution in [-0.2, 0) is 6.54 Å². The van der Waals surface area contributed by atoms with Crippen LogP contribution < -0.4 is 5.48 Å². The Kier molecular flexibility index (Phi) is 3.14. The van der Waals surface area contributed by atoms with Crippen molar-refractivity contribution in [1.29, 1.82) is 0 Å². The first-order valence-electron chi connectivity index (χ1n) is 6.55. The van der Waals surface area contributed by atoms with Gasteiger partial charge in [0.2, 0.25) is 0 Å². The second-order valence-corrected chi connectivity index (χ2v) is 5.32. The Bertz CT molecular complexity index is 368. The van der Waals surface area contributed by atoms with E-state index in [4.69, 9.17) is 5.21 Å². The smallest absolute Gasteiger partial charge is 0.0458 e. The van der Waals surface area contributed by atoms with Crippen molar-refractivity contribution >= 4 is 0 Å². The van der Waals surface area contributed by atoms with Crippen molar-refractivity contribution in [3.05, 3.63) is 35.4 Å². The van der Waals surface area contributed by atoms with E-state index in [-0.39, 0.29) is 0 Å². The highest BCUT2D eigenvalue weighted by atomic mass is 16.5. The van der Waals surface area contributed by atoms with E-state index in [1.807, 2.05) is 0 Å². The predicted molar refractivity (Wildman–Crippen MR) is 67.0 cm³/mol. The fourth-order valence-electron chi connectivity index (χ4n) is 3.32. The molecule has 0 saturated carbocycles. The molecular weight excluding hydrogens is 212 g/mol. The summed E-state index contributed by atoms with van der Waals surface area (Å²) in [5.41, 5.74) is 4.81. The van der Waals surface area contributed by atoms with Gasteiger partial charge in [-0.15, -0.1) is 0 Å². The second-order valence-electron chi connectivity index (χ2n) is 5.32. The van der Waals surface area contributed by atoms with E-state index in [9.17, 15) is 0 Å². The molecule has 2 bridgehead atoms. The van der Waals surface area contributed by atoms with Gasteiger partial charge in [-0.05, 0) is 48.9 Å². The third-order valence-electron chi connectivity index (χ3n) is 4.35. The van der Waals surface area contributed by atoms with Crippen molar-refractivity contribution in [2.75, 3.05) is 19.6 Å². The molecule has 3 nitrogen and oxygen atoms in total. The largest absolute Gasteiger partial charge is 0.316 e. The number of hydrogen-bond acceptors (Lipinski definition) is 3. The Balaban J connectivity index is 1.75. The van der Waals surface area contributed by atoms with E-state index in [0.29, 0.717) is 6.54 Å². The minimum Gasteiger partial charge on any atom is -0.316 e. The van der Waals surface area contributed by atoms with Crippen LogP contribution in [0.1, 0.15) is 29.9 Å². The number of benzene rings is 1. The minimum atomic E-state index is 0.528. The lowest BCUT2D eigenvalue weighted by molar-refractivity contribution is 0.0871. The fourth-order valence-corrected chi connectivity index (χ4v) is 3.32. The molecule has 2 N–H and O–H groups in total. The van der Waals surface area contributed by atoms with Crippen molar-refractivity contribution in [2.45, 2.75) is 25.3 Å². The molecule has 3 aliphatic rings. The summed E-state index contributed by atoms with van der Waals surface area (Å²) in [7, 11) is 0. The maximum Gasteiger partial charge on any atom is 0.0458 e. The number of fused-ring (bicyclic) bond motifs is 3. The molecule has 3 heterocycles. The number of nitrogens with zero attached hydrogens (tertiary/aromatic N) is 1. The highest BCUT2D eigenvalue weighted by Crippen LogP contribution is 2.38. The summed E-state index contributed by atoms with van der Waals surface area (Å²) in [6.45, 7) is 4.37. The van der Waals surface area contributed by atoms with Gasteiger partial charge in [-0.1, -0.05) is 24.3 Å². The number of rotatable bonds is 3. The molecule has 3 heteroatoms. The van der Waals surface area contributed by atoms with Gasteiger partial charge in [-0.3, -0.25) is 0 Å². The number of nitrogens with one attached hydrogen (secondary N) is 1. The van der Waals surface area contributed by atoms with Crippen LogP contribution in [0.2, 0.25) is 0 Å². The van der Waals surface area contributed by atoms with Crippen LogP contribution in [-0.4, -0.2) is 29.7 Å². The Labute approximate surface area is 102 Å². The Morgan fingerprint density at radius 2 is 1.88 bits per heavy atom. The molecule has 3 saturated heterocycles. The lowest BCUT2D eigenvalue weighted by atomic mass is 9.75. The van der Waals surface area contributed by atoms with E-state index in [0.717, 1.165) is 17.4 Å². The van der Waals surface area contributed by atoms with Gasteiger partial charge < -0.3 is 10.1 Å². The Morgan fingerprint density at radius 1 is 1.18 bits per heavy atom. The highest BCUT2D eigenvalue weighted by molar-refractivity contribution is 5.27. The van der Waals surface area contributed by atoms with Crippen LogP contribution in [0.15, 0.2) is 24.3 Å². The van der Waals surface area contributed by atoms with Crippen LogP contribution in [0, 0.1) is 5.92 Å². The Hall–Kier alpha value is -0.900. The maximum atomic E-state index is 8.67. The molecule has 1 aromatic rings. The van der Waals surface area contributed by atoms with Gasteiger partial charge in [0, 0.05) is 13.1 Å². The zero-order valence-electron chi connectivity index (χ0n) is 10.1. The van der Waals surface area contributed by atoms with Gasteiger partial charge in [0.25, 0.3) is 0 Å². The second kappa shape index (κ2) is 4.77. The SMILES string of the molecule is ONCc1ccc(C2CN3CCC2CC3)cc1. The third kappa shape index (κ3) is 2.23. The lowest BCUT2D eigenvalue weighted by Crippen LogP contribution is -2.46. The van der Waals surface area contributed by atoms with Crippen molar-refractivity contribution < 1.29 is 5.21 Å². The van der Waals surface area contributed by atoms with Gasteiger partial charge in [0.15, 0.2) is 0 Å². The average molecular weight is 232 g/mol. The summed E-state index contributed by atoms with van der Waals surface area (Å²) in [6.07, 6.45) is 2.73. The number of hydroxylamine groups is 1. The van der Waals surface area contributed by atoms with Crippen molar-refractivity contribution in [1.82, 2.24) is 10.4 Å². The average Bonchev–Trinajstić information content (AvgIpc) is 2.41. The topological polar surface area (TPSA) is 35.5 Å². The van der Waals surface area contributed by atoms with Gasteiger partial charge in [0.1, 0.15) is 0 Å². The summed E-state index contributed by atoms with van der Waals surface area (Å²) in [4.78, 5) is 2.59. The van der Waals surface area contributed by atoms with Crippen molar-refractivity contribution in [3.8, 4) is 0 Å². The molecular formula is C14H20N2O. The lowest BCUT2D eigenvalue weighted by Gasteiger charge is -2.45. The van der Waals surface area contributed by atoms with Crippen molar-refractivity contribution in [2.24, 2.45) is 5.92 Å². The summed E-state index contributed by atoms with van der Waals surface area (Å²) < 4.78 is 0. The monoisotopic (exact) mass is 232 g/mol. The number of hydrogen-bond donors (Lipinski definition) is 2. The highest BCUT2D eigenvalue weighted by Gasteiger charge is 2.34. The first-order chi connectivity index (χ1) is 8.36. The van der Waals surface area contributed by atoms with Crippen molar-refractivity contribution in [3.63, 3.8) is 0 Å². The van der Waals surface area contributed by atoms with Crippen LogP contribution in [0.3, 0.4) is 0 Å². The summed E-state index contributed by atoms with van der Waals surface area (Å²) >= 11 is 0. The molecule has 1 unspecified atom stereocenters. The minimum absolute atomic E-state index is 0.528. The third-order valence-corrected chi connectivity index (χ3v) is 4.35. The van der Waals surface area contributed by atoms with E-state index in [1.165, 1.54) is 38.0 Å². The maximum absolute atomic E-state index is 8.67. The summed E-state index contributed by atoms with van der Waals surface area (Å²) in [5.74, 6) is 1.62. The van der Waals surface area contributed by atoms with Crippen LogP contribution in [0.4, 0.5) is 0 Å². The van der Waals surface area contributed by atoms with E-state index in [2.05, 4.69) is 34.6 Å². The first kappa shape index (κ1) is 11.2. The Morgan fingerprint density at radius 3 is 2.41 bits per heavy atom. The van der Waals surface area contributed by atoms with Crippen LogP contribution >= 0.6 is 0 Å². The van der Waals surface area contributed by atoms with Gasteiger partial charge in [-0.25, -0.2) is 5.48 Å². The standard InChI is InChI=1S/C14H20N2O/c17-15-9-11-1-3-12(4-2-11)14-10-16-7-5-13(14)6-8-16/h1-4,13-15,17H,5-10H2. The quantitative estimate of drug-likeness (QED) is 0.782. The van der Waals surface area contributed by atoms with Crippen LogP contribution in [0.25, 0.3) is 0 Å². The molecule has 17 heavy (non-hydrogen) atoms. The molecule has 1 aromatic carbocycles. The summed E-state index contributed by atoms with van der Waals surface area (Å²) in [5, 5.41) is 8.67. The first-order valence-corrected chi connectivity index (χ1v) is 6.55. The fraction of sp³-hybridized carbons (Fsp3) is 0.571. The van der Waals surface area contributed by atoms with Gasteiger partial charge in [-0.2, -0.15) is 0 Å². The van der Waals surface area contributed by atoms with E-state index in [1.54, 1.807) is 0 Å². The molecule has 0 spiro atoms. The molecule has 1 atom stereocenters. The molecule has 3 fully saturated rings. The molecule has 4 rings (SSSR count). The molecule has 0 aromatic heterocycles. The molecule has 0 radical (unpaired) electrons. The molecule has 92 valence electrons. The van der Waals surface area contributed by atoms with E-state index >= 15 is 0 Å². The predicted octanol–water partition coefficient (Wildman–Crippen LogP) is 1.97. The normalized spacial score (nSPS) is 31.7.